The number of fused-ring (bicyclic) bond motifs is 2. The molecule has 2 fully saturated rings. The van der Waals surface area contributed by atoms with Crippen molar-refractivity contribution in [2.75, 3.05) is 49.7 Å². The lowest BCUT2D eigenvalue weighted by Gasteiger charge is -2.31. The zero-order valence-corrected chi connectivity index (χ0v) is 16.8. The third-order valence-electron chi connectivity index (χ3n) is 5.89. The summed E-state index contributed by atoms with van der Waals surface area (Å²) in [6.45, 7) is 8.06. The molecule has 3 aliphatic rings. The molecular formula is C22H30N2O4. The fourth-order valence-electron chi connectivity index (χ4n) is 4.55. The molecule has 1 saturated heterocycles. The minimum Gasteiger partial charge on any atom is -0.492 e. The standard InChI is InChI=1S/C22H30N2O4/c1-3-27-20-14-19(24-7-9-26-10-8-24)21(28-4-2)13-18(20)23-22(25)17-12-15-5-6-16(17)11-15/h5-6,13-17H,3-4,7-12H2,1-2H3,(H,23,25)/t15-,16-,17+/m0/s1. The molecule has 0 spiro atoms. The molecule has 0 unspecified atom stereocenters. The number of anilines is 2. The molecule has 4 rings (SSSR count). The number of morpholine rings is 1. The number of nitrogens with one attached hydrogen (secondary N) is 1. The Kier molecular flexibility index (Phi) is 5.76. The van der Waals surface area contributed by atoms with E-state index in [1.165, 1.54) is 0 Å². The predicted octanol–water partition coefficient (Wildman–Crippen LogP) is 3.47. The molecule has 1 heterocycles. The van der Waals surface area contributed by atoms with Crippen LogP contribution in [0.15, 0.2) is 24.3 Å². The van der Waals surface area contributed by atoms with Crippen LogP contribution >= 0.6 is 0 Å². The van der Waals surface area contributed by atoms with E-state index in [0.29, 0.717) is 49.7 Å². The molecule has 6 heteroatoms. The van der Waals surface area contributed by atoms with Gasteiger partial charge >= 0.3 is 0 Å². The van der Waals surface area contributed by atoms with Gasteiger partial charge in [-0.25, -0.2) is 0 Å². The van der Waals surface area contributed by atoms with E-state index < -0.39 is 0 Å². The second-order valence-corrected chi connectivity index (χ2v) is 7.66. The van der Waals surface area contributed by atoms with Crippen molar-refractivity contribution >= 4 is 17.3 Å². The number of benzene rings is 1. The Bertz CT molecular complexity index is 742. The Balaban J connectivity index is 1.60. The molecular weight excluding hydrogens is 356 g/mol. The summed E-state index contributed by atoms with van der Waals surface area (Å²) in [5, 5.41) is 3.13. The van der Waals surface area contributed by atoms with Gasteiger partial charge in [0.15, 0.2) is 0 Å². The zero-order valence-electron chi connectivity index (χ0n) is 16.8. The largest absolute Gasteiger partial charge is 0.492 e. The molecule has 1 aromatic rings. The lowest BCUT2D eigenvalue weighted by Crippen LogP contribution is -2.36. The molecule has 1 N–H and O–H groups in total. The van der Waals surface area contributed by atoms with Gasteiger partial charge in [0.1, 0.15) is 11.5 Å². The van der Waals surface area contributed by atoms with Crippen molar-refractivity contribution in [3.63, 3.8) is 0 Å². The van der Waals surface area contributed by atoms with Gasteiger partial charge in [-0.15, -0.1) is 0 Å². The quantitative estimate of drug-likeness (QED) is 0.727. The van der Waals surface area contributed by atoms with Crippen molar-refractivity contribution < 1.29 is 19.0 Å². The topological polar surface area (TPSA) is 60.0 Å². The molecule has 2 bridgehead atoms. The number of carbonyl (C=O) groups excluding carboxylic acids is 1. The second kappa shape index (κ2) is 8.43. The number of nitrogens with zero attached hydrogens (tertiary/aromatic N) is 1. The predicted molar refractivity (Wildman–Crippen MR) is 109 cm³/mol. The summed E-state index contributed by atoms with van der Waals surface area (Å²) in [5.41, 5.74) is 1.69. The summed E-state index contributed by atoms with van der Waals surface area (Å²) in [7, 11) is 0. The van der Waals surface area contributed by atoms with Crippen LogP contribution in [0.4, 0.5) is 11.4 Å². The SMILES string of the molecule is CCOc1cc(N2CCOCC2)c(OCC)cc1NC(=O)[C@@H]1C[C@H]2C=C[C@H]1C2. The fourth-order valence-corrected chi connectivity index (χ4v) is 4.55. The average Bonchev–Trinajstić information content (AvgIpc) is 3.34. The minimum absolute atomic E-state index is 0.0546. The van der Waals surface area contributed by atoms with Crippen LogP contribution in [0.3, 0.4) is 0 Å². The third kappa shape index (κ3) is 3.83. The van der Waals surface area contributed by atoms with Crippen molar-refractivity contribution in [3.05, 3.63) is 24.3 Å². The molecule has 0 aromatic heterocycles. The van der Waals surface area contributed by atoms with Crippen molar-refractivity contribution in [2.45, 2.75) is 26.7 Å². The smallest absolute Gasteiger partial charge is 0.228 e. The van der Waals surface area contributed by atoms with Crippen LogP contribution in [0.5, 0.6) is 11.5 Å². The van der Waals surface area contributed by atoms with Crippen LogP contribution < -0.4 is 19.7 Å². The fraction of sp³-hybridized carbons (Fsp3) is 0.591. The van der Waals surface area contributed by atoms with E-state index in [1.807, 2.05) is 26.0 Å². The van der Waals surface area contributed by atoms with E-state index in [-0.39, 0.29) is 11.8 Å². The molecule has 28 heavy (non-hydrogen) atoms. The summed E-state index contributed by atoms with van der Waals surface area (Å²) in [4.78, 5) is 15.2. The van der Waals surface area contributed by atoms with Crippen molar-refractivity contribution in [3.8, 4) is 11.5 Å². The molecule has 6 nitrogen and oxygen atoms in total. The number of amides is 1. The highest BCUT2D eigenvalue weighted by molar-refractivity contribution is 5.95. The van der Waals surface area contributed by atoms with Crippen LogP contribution in [-0.2, 0) is 9.53 Å². The van der Waals surface area contributed by atoms with Crippen LogP contribution in [-0.4, -0.2) is 45.4 Å². The molecule has 1 saturated carbocycles. The summed E-state index contributed by atoms with van der Waals surface area (Å²) in [6.07, 6.45) is 6.51. The van der Waals surface area contributed by atoms with Gasteiger partial charge in [0.25, 0.3) is 0 Å². The van der Waals surface area contributed by atoms with E-state index in [9.17, 15) is 4.79 Å². The van der Waals surface area contributed by atoms with Crippen molar-refractivity contribution in [1.82, 2.24) is 0 Å². The Hall–Kier alpha value is -2.21. The molecule has 152 valence electrons. The highest BCUT2D eigenvalue weighted by atomic mass is 16.5. The van der Waals surface area contributed by atoms with Gasteiger partial charge in [-0.05, 0) is 38.5 Å². The second-order valence-electron chi connectivity index (χ2n) is 7.66. The first kappa shape index (κ1) is 19.1. The average molecular weight is 386 g/mol. The normalized spacial score (nSPS) is 25.8. The zero-order chi connectivity index (χ0) is 19.5. The van der Waals surface area contributed by atoms with E-state index in [4.69, 9.17) is 14.2 Å². The molecule has 1 amide bonds. The Morgan fingerprint density at radius 2 is 1.86 bits per heavy atom. The molecule has 3 atom stereocenters. The summed E-state index contributed by atoms with van der Waals surface area (Å²) in [5.74, 6) is 2.54. The van der Waals surface area contributed by atoms with E-state index in [0.717, 1.165) is 37.4 Å². The number of rotatable bonds is 7. The Labute approximate surface area is 166 Å². The lowest BCUT2D eigenvalue weighted by molar-refractivity contribution is -0.120. The molecule has 0 radical (unpaired) electrons. The first-order valence-electron chi connectivity index (χ1n) is 10.4. The van der Waals surface area contributed by atoms with Crippen LogP contribution in [0.25, 0.3) is 0 Å². The van der Waals surface area contributed by atoms with E-state index in [2.05, 4.69) is 22.4 Å². The molecule has 1 aliphatic heterocycles. The van der Waals surface area contributed by atoms with Gasteiger partial charge in [-0.2, -0.15) is 0 Å². The molecule has 1 aromatic carbocycles. The van der Waals surface area contributed by atoms with Crippen molar-refractivity contribution in [2.24, 2.45) is 17.8 Å². The molecule has 2 aliphatic carbocycles. The number of allylic oxidation sites excluding steroid dienone is 2. The summed E-state index contributed by atoms with van der Waals surface area (Å²) in [6, 6.07) is 3.91. The van der Waals surface area contributed by atoms with Gasteiger partial charge in [0.2, 0.25) is 5.91 Å². The van der Waals surface area contributed by atoms with Gasteiger partial charge in [-0.1, -0.05) is 12.2 Å². The maximum Gasteiger partial charge on any atom is 0.228 e. The Morgan fingerprint density at radius 3 is 2.50 bits per heavy atom. The summed E-state index contributed by atoms with van der Waals surface area (Å²) >= 11 is 0. The highest BCUT2D eigenvalue weighted by Crippen LogP contribution is 2.45. The van der Waals surface area contributed by atoms with E-state index in [1.54, 1.807) is 0 Å². The Morgan fingerprint density at radius 1 is 1.11 bits per heavy atom. The minimum atomic E-state index is 0.0546. The maximum atomic E-state index is 12.9. The third-order valence-corrected chi connectivity index (χ3v) is 5.89. The van der Waals surface area contributed by atoms with E-state index >= 15 is 0 Å². The highest BCUT2D eigenvalue weighted by Gasteiger charge is 2.40. The lowest BCUT2D eigenvalue weighted by atomic mass is 9.93. The van der Waals surface area contributed by atoms with Gasteiger partial charge < -0.3 is 24.4 Å². The van der Waals surface area contributed by atoms with Crippen molar-refractivity contribution in [1.29, 1.82) is 0 Å². The monoisotopic (exact) mass is 386 g/mol. The van der Waals surface area contributed by atoms with Gasteiger partial charge in [0.05, 0.1) is 37.8 Å². The number of hydrogen-bond donors (Lipinski definition) is 1. The maximum absolute atomic E-state index is 12.9. The first-order valence-corrected chi connectivity index (χ1v) is 10.4. The van der Waals surface area contributed by atoms with Crippen LogP contribution in [0.1, 0.15) is 26.7 Å². The summed E-state index contributed by atoms with van der Waals surface area (Å²) < 4.78 is 17.3. The van der Waals surface area contributed by atoms with Crippen LogP contribution in [0.2, 0.25) is 0 Å². The van der Waals surface area contributed by atoms with Crippen LogP contribution in [0, 0.1) is 17.8 Å². The number of ether oxygens (including phenoxy) is 3. The first-order chi connectivity index (χ1) is 13.7. The van der Waals surface area contributed by atoms with Gasteiger partial charge in [0, 0.05) is 31.1 Å². The van der Waals surface area contributed by atoms with Gasteiger partial charge in [-0.3, -0.25) is 4.79 Å². The number of carbonyl (C=O) groups is 1. The number of hydrogen-bond acceptors (Lipinski definition) is 5.